The normalized spacial score (nSPS) is 13.5. The van der Waals surface area contributed by atoms with Gasteiger partial charge in [-0.1, -0.05) is 41.9 Å². The molecule has 1 radical (unpaired) electrons. The lowest BCUT2D eigenvalue weighted by molar-refractivity contribution is 0.588. The van der Waals surface area contributed by atoms with Crippen LogP contribution in [0, 0.1) is 6.92 Å². The van der Waals surface area contributed by atoms with Crippen LogP contribution in [0.5, 0.6) is 0 Å². The molecule has 0 fully saturated rings. The van der Waals surface area contributed by atoms with E-state index < -0.39 is 21.2 Å². The Morgan fingerprint density at radius 3 is 2.42 bits per heavy atom. The van der Waals surface area contributed by atoms with Gasteiger partial charge in [-0.2, -0.15) is 0 Å². The molecule has 0 aliphatic carbocycles. The molecule has 3 aromatic rings. The Balaban J connectivity index is 2.20. The fourth-order valence-corrected chi connectivity index (χ4v) is 5.42. The van der Waals surface area contributed by atoms with Crippen molar-refractivity contribution in [2.24, 2.45) is 0 Å². The summed E-state index contributed by atoms with van der Waals surface area (Å²) in [4.78, 5) is 0.673. The van der Waals surface area contributed by atoms with Gasteiger partial charge in [0, 0.05) is 4.47 Å². The smallest absolute Gasteiger partial charge is 0.268 e. The van der Waals surface area contributed by atoms with Crippen LogP contribution in [-0.4, -0.2) is 22.7 Å². The van der Waals surface area contributed by atoms with E-state index in [1.165, 1.54) is 10.2 Å². The molecule has 0 aliphatic heterocycles. The highest BCUT2D eigenvalue weighted by Gasteiger charge is 2.25. The van der Waals surface area contributed by atoms with Gasteiger partial charge in [0.1, 0.15) is 5.75 Å². The number of benzene rings is 2. The van der Waals surface area contributed by atoms with Crippen molar-refractivity contribution in [2.45, 2.75) is 29.6 Å². The minimum Gasteiger partial charge on any atom is -0.611 e. The van der Waals surface area contributed by atoms with E-state index in [4.69, 9.17) is 0 Å². The number of hydrogen-bond donors (Lipinski definition) is 0. The van der Waals surface area contributed by atoms with Crippen molar-refractivity contribution in [2.75, 3.05) is 5.75 Å². The van der Waals surface area contributed by atoms with E-state index in [2.05, 4.69) is 36.7 Å². The van der Waals surface area contributed by atoms with Crippen molar-refractivity contribution in [3.8, 4) is 0 Å². The first kappa shape index (κ1) is 19.5. The van der Waals surface area contributed by atoms with E-state index in [0.717, 1.165) is 10.0 Å². The molecule has 0 saturated carbocycles. The number of hydrogen-bond acceptors (Lipinski definition) is 3. The zero-order chi connectivity index (χ0) is 19.1. The van der Waals surface area contributed by atoms with E-state index in [-0.39, 0.29) is 10.6 Å². The Labute approximate surface area is 165 Å². The Morgan fingerprint density at radius 1 is 1.19 bits per heavy atom. The topological polar surface area (TPSA) is 62.1 Å². The molecule has 2 aromatic carbocycles. The van der Waals surface area contributed by atoms with Crippen molar-refractivity contribution < 1.29 is 13.0 Å². The number of rotatable bonds is 5. The van der Waals surface area contributed by atoms with Gasteiger partial charge in [-0.25, -0.2) is 12.4 Å². The molecule has 0 saturated heterocycles. The minimum absolute atomic E-state index is 0.175. The van der Waals surface area contributed by atoms with Gasteiger partial charge in [-0.05, 0) is 59.9 Å². The maximum Gasteiger partial charge on any atom is 0.268 e. The fraction of sp³-hybridized carbons (Fsp3) is 0.211. The molecular weight excluding hydrogens is 434 g/mol. The van der Waals surface area contributed by atoms with Crippen LogP contribution in [0.25, 0.3) is 10.9 Å². The predicted octanol–water partition coefficient (Wildman–Crippen LogP) is 4.71. The summed E-state index contributed by atoms with van der Waals surface area (Å²) >= 11 is 2.02. The molecule has 137 valence electrons. The highest BCUT2D eigenvalue weighted by molar-refractivity contribution is 9.10. The van der Waals surface area contributed by atoms with E-state index in [9.17, 15) is 13.0 Å². The van der Waals surface area contributed by atoms with Crippen molar-refractivity contribution in [3.63, 3.8) is 0 Å². The SMILES string of the molecule is [CH2]C[S+]([O-])c1cn(S(=O)(=O)c2ccc(C(C)C)cc2)c2ccc(Br)cc12. The zero-order valence-corrected chi connectivity index (χ0v) is 17.7. The molecular formula is C19H19BrNO3S2. The van der Waals surface area contributed by atoms with Gasteiger partial charge >= 0.3 is 0 Å². The second-order valence-electron chi connectivity index (χ2n) is 6.23. The summed E-state index contributed by atoms with van der Waals surface area (Å²) < 4.78 is 40.7. The zero-order valence-electron chi connectivity index (χ0n) is 14.5. The molecule has 3 rings (SSSR count). The van der Waals surface area contributed by atoms with E-state index >= 15 is 0 Å². The van der Waals surface area contributed by atoms with Crippen molar-refractivity contribution in [3.05, 3.63) is 65.6 Å². The van der Waals surface area contributed by atoms with E-state index in [1.807, 2.05) is 12.1 Å². The average Bonchev–Trinajstić information content (AvgIpc) is 3.00. The third-order valence-electron chi connectivity index (χ3n) is 4.23. The summed E-state index contributed by atoms with van der Waals surface area (Å²) in [5, 5.41) is 0.642. The Kier molecular flexibility index (Phi) is 5.53. The Bertz CT molecular complexity index is 1040. The summed E-state index contributed by atoms with van der Waals surface area (Å²) in [6, 6.07) is 12.2. The van der Waals surface area contributed by atoms with Crippen molar-refractivity contribution in [1.82, 2.24) is 3.97 Å². The van der Waals surface area contributed by atoms with Crippen molar-refractivity contribution in [1.29, 1.82) is 0 Å². The molecule has 0 N–H and O–H groups in total. The van der Waals surface area contributed by atoms with Crippen LogP contribution in [0.2, 0.25) is 0 Å². The summed E-state index contributed by atoms with van der Waals surface area (Å²) in [6.07, 6.45) is 1.45. The van der Waals surface area contributed by atoms with E-state index in [0.29, 0.717) is 21.7 Å². The summed E-state index contributed by atoms with van der Waals surface area (Å²) in [7, 11) is -3.80. The largest absolute Gasteiger partial charge is 0.611 e. The molecule has 1 heterocycles. The van der Waals surface area contributed by atoms with Crippen molar-refractivity contribution >= 4 is 48.0 Å². The highest BCUT2D eigenvalue weighted by atomic mass is 79.9. The highest BCUT2D eigenvalue weighted by Crippen LogP contribution is 2.32. The lowest BCUT2D eigenvalue weighted by Gasteiger charge is -2.10. The van der Waals surface area contributed by atoms with Gasteiger partial charge in [0.25, 0.3) is 10.0 Å². The van der Waals surface area contributed by atoms with Gasteiger partial charge < -0.3 is 4.55 Å². The average molecular weight is 453 g/mol. The third-order valence-corrected chi connectivity index (χ3v) is 7.60. The first-order valence-electron chi connectivity index (χ1n) is 8.09. The monoisotopic (exact) mass is 452 g/mol. The van der Waals surface area contributed by atoms with E-state index in [1.54, 1.807) is 30.3 Å². The van der Waals surface area contributed by atoms with Gasteiger partial charge in [-0.3, -0.25) is 0 Å². The third kappa shape index (κ3) is 3.45. The maximum atomic E-state index is 13.2. The molecule has 1 unspecified atom stereocenters. The van der Waals surface area contributed by atoms with Gasteiger partial charge in [0.2, 0.25) is 0 Å². The molecule has 7 heteroatoms. The van der Waals surface area contributed by atoms with Crippen LogP contribution < -0.4 is 0 Å². The molecule has 1 atom stereocenters. The number of fused-ring (bicyclic) bond motifs is 1. The fourth-order valence-electron chi connectivity index (χ4n) is 2.77. The molecule has 4 nitrogen and oxygen atoms in total. The van der Waals surface area contributed by atoms with Crippen LogP contribution in [0.3, 0.4) is 0 Å². The summed E-state index contributed by atoms with van der Waals surface area (Å²) in [5.74, 6) is 0.497. The molecule has 0 spiro atoms. The molecule has 26 heavy (non-hydrogen) atoms. The van der Waals surface area contributed by atoms with Crippen LogP contribution in [-0.2, 0) is 21.2 Å². The van der Waals surface area contributed by atoms with Crippen LogP contribution in [0.4, 0.5) is 0 Å². The van der Waals surface area contributed by atoms with Crippen LogP contribution >= 0.6 is 15.9 Å². The summed E-state index contributed by atoms with van der Waals surface area (Å²) in [5.41, 5.74) is 1.57. The van der Waals surface area contributed by atoms with Gasteiger partial charge in [-0.15, -0.1) is 0 Å². The maximum absolute atomic E-state index is 13.2. The van der Waals surface area contributed by atoms with Gasteiger partial charge in [0.15, 0.2) is 4.90 Å². The first-order valence-corrected chi connectivity index (χ1v) is 11.6. The lowest BCUT2D eigenvalue weighted by Crippen LogP contribution is -2.12. The second kappa shape index (κ2) is 7.38. The Morgan fingerprint density at radius 2 is 1.85 bits per heavy atom. The Hall–Kier alpha value is -1.28. The molecule has 0 bridgehead atoms. The van der Waals surface area contributed by atoms with Crippen LogP contribution in [0.1, 0.15) is 25.3 Å². The van der Waals surface area contributed by atoms with Crippen LogP contribution in [0.15, 0.2) is 62.9 Å². The number of nitrogens with zero attached hydrogens (tertiary/aromatic N) is 1. The number of aromatic nitrogens is 1. The lowest BCUT2D eigenvalue weighted by atomic mass is 10.0. The predicted molar refractivity (Wildman–Crippen MR) is 109 cm³/mol. The standard InChI is InChI=1S/C19H19BrNO3S2/c1-4-25(22)19-12-21(18-10-7-15(20)11-17(18)19)26(23,24)16-8-5-14(6-9-16)13(2)3/h5-13H,1,4H2,2-3H3. The minimum atomic E-state index is -3.80. The second-order valence-corrected chi connectivity index (χ2v) is 10.5. The molecule has 0 aliphatic rings. The first-order chi connectivity index (χ1) is 12.3. The quantitative estimate of drug-likeness (QED) is 0.526. The molecule has 0 amide bonds. The molecule has 1 aromatic heterocycles. The number of halogens is 1. The summed E-state index contributed by atoms with van der Waals surface area (Å²) in [6.45, 7) is 7.79. The van der Waals surface area contributed by atoms with Gasteiger partial charge in [0.05, 0.1) is 22.0 Å².